The van der Waals surface area contributed by atoms with E-state index in [9.17, 15) is 4.79 Å². The minimum Gasteiger partial charge on any atom is -0.361 e. The zero-order valence-electron chi connectivity index (χ0n) is 14.2. The highest BCUT2D eigenvalue weighted by molar-refractivity contribution is 5.96. The monoisotopic (exact) mass is 337 g/mol. The molecule has 2 aromatic heterocycles. The Morgan fingerprint density at radius 2 is 2.04 bits per heavy atom. The van der Waals surface area contributed by atoms with Gasteiger partial charge in [-0.2, -0.15) is 0 Å². The quantitative estimate of drug-likeness (QED) is 0.734. The van der Waals surface area contributed by atoms with Crippen LogP contribution in [0.1, 0.15) is 34.3 Å². The van der Waals surface area contributed by atoms with Crippen LogP contribution in [0.5, 0.6) is 0 Å². The molecule has 1 amide bonds. The fraction of sp³-hybridized carbons (Fsp3) is 0.333. The van der Waals surface area contributed by atoms with Gasteiger partial charge in [-0.05, 0) is 20.3 Å². The van der Waals surface area contributed by atoms with E-state index in [2.05, 4.69) is 15.5 Å². The van der Waals surface area contributed by atoms with Crippen LogP contribution in [0.4, 0.5) is 0 Å². The normalized spacial score (nSPS) is 17.2. The summed E-state index contributed by atoms with van der Waals surface area (Å²) in [7, 11) is 0. The minimum atomic E-state index is -0.0258. The third-order valence-electron chi connectivity index (χ3n) is 4.65. The maximum Gasteiger partial charge on any atom is 0.259 e. The van der Waals surface area contributed by atoms with E-state index >= 15 is 0 Å². The number of amides is 1. The summed E-state index contributed by atoms with van der Waals surface area (Å²) in [6, 6.07) is 10.1. The van der Waals surface area contributed by atoms with Crippen molar-refractivity contribution in [1.82, 2.24) is 25.1 Å². The van der Waals surface area contributed by atoms with E-state index in [0.717, 1.165) is 17.7 Å². The second kappa shape index (κ2) is 6.16. The Hall–Kier alpha value is -2.96. The van der Waals surface area contributed by atoms with Crippen molar-refractivity contribution in [2.24, 2.45) is 0 Å². The molecule has 0 radical (unpaired) electrons. The summed E-state index contributed by atoms with van der Waals surface area (Å²) in [6.07, 6.45) is 2.80. The Labute approximate surface area is 145 Å². The van der Waals surface area contributed by atoms with Gasteiger partial charge < -0.3 is 9.42 Å². The maximum absolute atomic E-state index is 12.7. The summed E-state index contributed by atoms with van der Waals surface area (Å²) in [5.41, 5.74) is 3.09. The van der Waals surface area contributed by atoms with Crippen LogP contribution in [-0.4, -0.2) is 44.0 Å². The van der Waals surface area contributed by atoms with Gasteiger partial charge in [0, 0.05) is 18.7 Å². The number of hydrogen-bond donors (Lipinski definition) is 0. The van der Waals surface area contributed by atoms with Gasteiger partial charge in [0.25, 0.3) is 5.91 Å². The van der Waals surface area contributed by atoms with Crippen LogP contribution in [-0.2, 0) is 0 Å². The number of aryl methyl sites for hydroxylation is 2. The number of carbonyl (C=O) groups is 1. The van der Waals surface area contributed by atoms with E-state index in [4.69, 9.17) is 4.52 Å². The molecule has 7 nitrogen and oxygen atoms in total. The molecule has 1 aliphatic heterocycles. The molecule has 3 heterocycles. The van der Waals surface area contributed by atoms with Gasteiger partial charge in [-0.15, -0.1) is 5.10 Å². The van der Waals surface area contributed by atoms with Crippen LogP contribution >= 0.6 is 0 Å². The van der Waals surface area contributed by atoms with Crippen molar-refractivity contribution in [2.75, 3.05) is 13.1 Å². The fourth-order valence-electron chi connectivity index (χ4n) is 3.29. The molecule has 4 rings (SSSR count). The third kappa shape index (κ3) is 2.82. The van der Waals surface area contributed by atoms with Crippen LogP contribution in [0.3, 0.4) is 0 Å². The van der Waals surface area contributed by atoms with E-state index in [-0.39, 0.29) is 11.9 Å². The number of carbonyl (C=O) groups excluding carboxylic acids is 1. The second-order valence-corrected chi connectivity index (χ2v) is 6.34. The zero-order valence-corrected chi connectivity index (χ0v) is 14.2. The van der Waals surface area contributed by atoms with Crippen LogP contribution in [0.25, 0.3) is 11.3 Å². The summed E-state index contributed by atoms with van der Waals surface area (Å²) in [5, 5.41) is 12.4. The number of hydrogen-bond acceptors (Lipinski definition) is 5. The smallest absolute Gasteiger partial charge is 0.259 e. The van der Waals surface area contributed by atoms with Gasteiger partial charge in [0.05, 0.1) is 17.9 Å². The van der Waals surface area contributed by atoms with Crippen molar-refractivity contribution in [1.29, 1.82) is 0 Å². The molecule has 1 fully saturated rings. The molecule has 0 spiro atoms. The third-order valence-corrected chi connectivity index (χ3v) is 4.65. The highest BCUT2D eigenvalue weighted by atomic mass is 16.5. The molecule has 1 atom stereocenters. The van der Waals surface area contributed by atoms with Crippen LogP contribution in [0.15, 0.2) is 41.1 Å². The van der Waals surface area contributed by atoms with Gasteiger partial charge in [-0.1, -0.05) is 40.7 Å². The predicted octanol–water partition coefficient (Wildman–Crippen LogP) is 2.64. The van der Waals surface area contributed by atoms with Crippen LogP contribution in [0, 0.1) is 13.8 Å². The van der Waals surface area contributed by atoms with Gasteiger partial charge in [-0.3, -0.25) is 4.79 Å². The van der Waals surface area contributed by atoms with Crippen molar-refractivity contribution >= 4 is 5.91 Å². The molecule has 25 heavy (non-hydrogen) atoms. The SMILES string of the molecule is Cc1noc(C)c1C(=O)N1CCC(n2cc(-c3ccccc3)nn2)C1. The first-order valence-electron chi connectivity index (χ1n) is 8.33. The van der Waals surface area contributed by atoms with Gasteiger partial charge >= 0.3 is 0 Å². The molecule has 0 saturated carbocycles. The number of nitrogens with zero attached hydrogens (tertiary/aromatic N) is 5. The summed E-state index contributed by atoms with van der Waals surface area (Å²) < 4.78 is 6.98. The number of aromatic nitrogens is 4. The summed E-state index contributed by atoms with van der Waals surface area (Å²) in [4.78, 5) is 14.6. The van der Waals surface area contributed by atoms with Gasteiger partial charge in [0.1, 0.15) is 17.0 Å². The number of rotatable bonds is 3. The summed E-state index contributed by atoms with van der Waals surface area (Å²) in [5.74, 6) is 0.542. The van der Waals surface area contributed by atoms with E-state index < -0.39 is 0 Å². The van der Waals surface area contributed by atoms with Gasteiger partial charge in [-0.25, -0.2) is 4.68 Å². The second-order valence-electron chi connectivity index (χ2n) is 6.34. The molecule has 0 bridgehead atoms. The Balaban J connectivity index is 1.50. The van der Waals surface area contributed by atoms with Crippen LogP contribution in [0.2, 0.25) is 0 Å². The first-order valence-corrected chi connectivity index (χ1v) is 8.33. The molecule has 128 valence electrons. The Kier molecular flexibility index (Phi) is 3.83. The highest BCUT2D eigenvalue weighted by Gasteiger charge is 2.31. The molecular weight excluding hydrogens is 318 g/mol. The summed E-state index contributed by atoms with van der Waals surface area (Å²) in [6.45, 7) is 4.86. The van der Waals surface area contributed by atoms with E-state index in [1.165, 1.54) is 0 Å². The van der Waals surface area contributed by atoms with Gasteiger partial charge in [0.2, 0.25) is 0 Å². The first-order chi connectivity index (χ1) is 12.1. The van der Waals surface area contributed by atoms with Crippen molar-refractivity contribution in [3.63, 3.8) is 0 Å². The molecule has 1 aliphatic rings. The van der Waals surface area contributed by atoms with Gasteiger partial charge in [0.15, 0.2) is 0 Å². The average molecular weight is 337 g/mol. The lowest BCUT2D eigenvalue weighted by atomic mass is 10.2. The van der Waals surface area contributed by atoms with E-state index in [1.807, 2.05) is 46.1 Å². The van der Waals surface area contributed by atoms with Crippen molar-refractivity contribution in [2.45, 2.75) is 26.3 Å². The van der Waals surface area contributed by atoms with Crippen molar-refractivity contribution in [3.05, 3.63) is 53.5 Å². The fourth-order valence-corrected chi connectivity index (χ4v) is 3.29. The molecule has 1 aromatic carbocycles. The number of likely N-dealkylation sites (tertiary alicyclic amines) is 1. The topological polar surface area (TPSA) is 77.0 Å². The average Bonchev–Trinajstić information content (AvgIpc) is 3.35. The molecular formula is C18H19N5O2. The molecule has 1 saturated heterocycles. The van der Waals surface area contributed by atoms with Crippen molar-refractivity contribution < 1.29 is 9.32 Å². The maximum atomic E-state index is 12.7. The zero-order chi connectivity index (χ0) is 17.4. The molecule has 1 unspecified atom stereocenters. The molecule has 3 aromatic rings. The lowest BCUT2D eigenvalue weighted by Gasteiger charge is -2.16. The van der Waals surface area contributed by atoms with E-state index in [1.54, 1.807) is 13.8 Å². The first kappa shape index (κ1) is 15.6. The molecule has 7 heteroatoms. The predicted molar refractivity (Wildman–Crippen MR) is 91.0 cm³/mol. The lowest BCUT2D eigenvalue weighted by Crippen LogP contribution is -2.30. The Morgan fingerprint density at radius 3 is 2.76 bits per heavy atom. The van der Waals surface area contributed by atoms with E-state index in [0.29, 0.717) is 30.1 Å². The minimum absolute atomic E-state index is 0.0258. The summed E-state index contributed by atoms with van der Waals surface area (Å²) >= 11 is 0. The Morgan fingerprint density at radius 1 is 1.24 bits per heavy atom. The molecule has 0 aliphatic carbocycles. The Bertz CT molecular complexity index is 880. The van der Waals surface area contributed by atoms with Crippen LogP contribution < -0.4 is 0 Å². The molecule has 0 N–H and O–H groups in total. The highest BCUT2D eigenvalue weighted by Crippen LogP contribution is 2.26. The lowest BCUT2D eigenvalue weighted by molar-refractivity contribution is 0.0784. The largest absolute Gasteiger partial charge is 0.361 e. The number of benzene rings is 1. The standard InChI is InChI=1S/C18H19N5O2/c1-12-17(13(2)25-20-12)18(24)22-9-8-15(10-22)23-11-16(19-21-23)14-6-4-3-5-7-14/h3-7,11,15H,8-10H2,1-2H3. The van der Waals surface area contributed by atoms with Crippen molar-refractivity contribution in [3.8, 4) is 11.3 Å².